The first-order valence-corrected chi connectivity index (χ1v) is 15.6. The summed E-state index contributed by atoms with van der Waals surface area (Å²) >= 11 is 0. The number of nitrogens with one attached hydrogen (secondary N) is 1. The topological polar surface area (TPSA) is 134 Å². The maximum atomic E-state index is 13.8. The molecule has 0 aliphatic heterocycles. The molecule has 2 aromatic carbocycles. The predicted molar refractivity (Wildman–Crippen MR) is 147 cm³/mol. The first-order valence-electron chi connectivity index (χ1n) is 12.6. The fourth-order valence-electron chi connectivity index (χ4n) is 4.35. The SMILES string of the molecule is CCc1cnccc1-c1cccc(C(C)N(CCCC(=O)NCS(=O)(=O)O)S(=O)(=O)c2ccccc2C(F)(F)F)c1. The molecule has 0 aliphatic rings. The lowest BCUT2D eigenvalue weighted by Crippen LogP contribution is -2.36. The largest absolute Gasteiger partial charge is 0.417 e. The number of aromatic nitrogens is 1. The van der Waals surface area contributed by atoms with Gasteiger partial charge in [-0.25, -0.2) is 8.42 Å². The Labute approximate surface area is 237 Å². The van der Waals surface area contributed by atoms with Crippen molar-refractivity contribution in [3.05, 3.63) is 83.7 Å². The van der Waals surface area contributed by atoms with Crippen LogP contribution in [-0.2, 0) is 37.5 Å². The molecule has 1 unspecified atom stereocenters. The number of nitrogens with zero attached hydrogens (tertiary/aromatic N) is 2. The third kappa shape index (κ3) is 8.35. The van der Waals surface area contributed by atoms with Gasteiger partial charge in [0, 0.05) is 31.4 Å². The fourth-order valence-corrected chi connectivity index (χ4v) is 6.57. The van der Waals surface area contributed by atoms with E-state index in [1.165, 1.54) is 6.07 Å². The van der Waals surface area contributed by atoms with Crippen LogP contribution in [0.3, 0.4) is 0 Å². The number of sulfonamides is 1. The van der Waals surface area contributed by atoms with E-state index >= 15 is 0 Å². The summed E-state index contributed by atoms with van der Waals surface area (Å²) < 4.78 is 101. The molecular formula is C27H30F3N3O6S2. The second kappa shape index (κ2) is 13.1. The minimum absolute atomic E-state index is 0.140. The number of aryl methyl sites for hydroxylation is 1. The summed E-state index contributed by atoms with van der Waals surface area (Å²) in [5.41, 5.74) is 1.79. The van der Waals surface area contributed by atoms with Gasteiger partial charge >= 0.3 is 6.18 Å². The number of pyridine rings is 1. The number of amides is 1. The van der Waals surface area contributed by atoms with E-state index in [2.05, 4.69) is 4.98 Å². The van der Waals surface area contributed by atoms with Crippen LogP contribution in [0.15, 0.2) is 71.9 Å². The molecule has 0 radical (unpaired) electrons. The first-order chi connectivity index (χ1) is 19.1. The van der Waals surface area contributed by atoms with E-state index in [1.54, 1.807) is 37.5 Å². The third-order valence-electron chi connectivity index (χ3n) is 6.41. The first kappa shape index (κ1) is 32.2. The van der Waals surface area contributed by atoms with Crippen molar-refractivity contribution < 1.29 is 39.4 Å². The quantitative estimate of drug-likeness (QED) is 0.280. The summed E-state index contributed by atoms with van der Waals surface area (Å²) in [5.74, 6) is -1.81. The number of hydrogen-bond donors (Lipinski definition) is 2. The highest BCUT2D eigenvalue weighted by molar-refractivity contribution is 7.89. The average Bonchev–Trinajstić information content (AvgIpc) is 2.93. The Kier molecular flexibility index (Phi) is 10.3. The molecule has 3 aromatic rings. The van der Waals surface area contributed by atoms with Crippen molar-refractivity contribution in [2.75, 3.05) is 12.4 Å². The van der Waals surface area contributed by atoms with Gasteiger partial charge in [0.1, 0.15) is 5.88 Å². The van der Waals surface area contributed by atoms with Crippen LogP contribution in [0.5, 0.6) is 0 Å². The lowest BCUT2D eigenvalue weighted by molar-refractivity contribution is -0.140. The number of carbonyl (C=O) groups excluding carboxylic acids is 1. The summed E-state index contributed by atoms with van der Waals surface area (Å²) in [6, 6.07) is 11.7. The van der Waals surface area contributed by atoms with E-state index in [-0.39, 0.29) is 19.4 Å². The van der Waals surface area contributed by atoms with E-state index in [9.17, 15) is 34.8 Å². The Morgan fingerprint density at radius 1 is 1.07 bits per heavy atom. The highest BCUT2D eigenvalue weighted by Crippen LogP contribution is 2.38. The van der Waals surface area contributed by atoms with E-state index in [1.807, 2.05) is 24.4 Å². The lowest BCUT2D eigenvalue weighted by atomic mass is 9.97. The maximum absolute atomic E-state index is 13.8. The molecule has 0 spiro atoms. The Balaban J connectivity index is 2.01. The van der Waals surface area contributed by atoms with Crippen LogP contribution in [-0.4, -0.2) is 49.0 Å². The van der Waals surface area contributed by atoms with E-state index < -0.39 is 54.6 Å². The zero-order valence-corrected chi connectivity index (χ0v) is 23.9. The van der Waals surface area contributed by atoms with Gasteiger partial charge in [-0.05, 0) is 66.3 Å². The molecule has 41 heavy (non-hydrogen) atoms. The van der Waals surface area contributed by atoms with Crippen LogP contribution in [0, 0.1) is 0 Å². The van der Waals surface area contributed by atoms with Crippen LogP contribution < -0.4 is 5.32 Å². The van der Waals surface area contributed by atoms with Crippen molar-refractivity contribution in [1.82, 2.24) is 14.6 Å². The molecule has 1 heterocycles. The van der Waals surface area contributed by atoms with Gasteiger partial charge in [0.25, 0.3) is 10.1 Å². The minimum Gasteiger partial charge on any atom is -0.340 e. The van der Waals surface area contributed by atoms with Crippen molar-refractivity contribution in [1.29, 1.82) is 0 Å². The number of carbonyl (C=O) groups is 1. The van der Waals surface area contributed by atoms with Gasteiger partial charge in [-0.2, -0.15) is 25.9 Å². The molecule has 1 aromatic heterocycles. The van der Waals surface area contributed by atoms with E-state index in [4.69, 9.17) is 4.55 Å². The molecule has 222 valence electrons. The van der Waals surface area contributed by atoms with Crippen LogP contribution in [0.4, 0.5) is 13.2 Å². The van der Waals surface area contributed by atoms with Gasteiger partial charge in [0.15, 0.2) is 0 Å². The van der Waals surface area contributed by atoms with Gasteiger partial charge in [-0.1, -0.05) is 37.3 Å². The van der Waals surface area contributed by atoms with Crippen LogP contribution in [0.1, 0.15) is 49.4 Å². The molecule has 0 fully saturated rings. The number of hydrogen-bond acceptors (Lipinski definition) is 6. The van der Waals surface area contributed by atoms with Crippen LogP contribution >= 0.6 is 0 Å². The van der Waals surface area contributed by atoms with Crippen LogP contribution in [0.25, 0.3) is 11.1 Å². The standard InChI is InChI=1S/C27H30F3N3O6S2/c1-3-20-17-31-14-13-23(20)22-9-6-8-21(16-22)19(2)33(15-7-12-26(34)32-18-40(35,36)37)41(38,39)25-11-5-4-10-24(25)27(28,29)30/h4-6,8-11,13-14,16-17,19H,3,7,12,15,18H2,1-2H3,(H,32,34)(H,35,36,37). The van der Waals surface area contributed by atoms with Crippen LogP contribution in [0.2, 0.25) is 0 Å². The molecule has 0 aliphatic carbocycles. The molecule has 1 atom stereocenters. The summed E-state index contributed by atoms with van der Waals surface area (Å²) in [4.78, 5) is 15.3. The highest BCUT2D eigenvalue weighted by Gasteiger charge is 2.40. The minimum atomic E-state index is -4.94. The maximum Gasteiger partial charge on any atom is 0.417 e. The fraction of sp³-hybridized carbons (Fsp3) is 0.333. The highest BCUT2D eigenvalue weighted by atomic mass is 32.2. The molecule has 3 rings (SSSR count). The molecule has 0 saturated heterocycles. The average molecular weight is 614 g/mol. The lowest BCUT2D eigenvalue weighted by Gasteiger charge is -2.30. The number of halogens is 3. The van der Waals surface area contributed by atoms with Gasteiger partial charge in [-0.15, -0.1) is 0 Å². The molecule has 2 N–H and O–H groups in total. The zero-order chi connectivity index (χ0) is 30.4. The third-order valence-corrected chi connectivity index (χ3v) is 8.95. The Morgan fingerprint density at radius 2 is 1.78 bits per heavy atom. The zero-order valence-electron chi connectivity index (χ0n) is 22.3. The van der Waals surface area contributed by atoms with Gasteiger partial charge in [0.05, 0.1) is 10.5 Å². The monoisotopic (exact) mass is 613 g/mol. The molecule has 1 amide bonds. The normalized spacial score (nSPS) is 13.2. The molecule has 0 saturated carbocycles. The van der Waals surface area contributed by atoms with Crippen molar-refractivity contribution in [3.8, 4) is 11.1 Å². The molecule has 14 heteroatoms. The van der Waals surface area contributed by atoms with Crippen molar-refractivity contribution in [2.24, 2.45) is 0 Å². The summed E-state index contributed by atoms with van der Waals surface area (Å²) in [7, 11) is -9.22. The Morgan fingerprint density at radius 3 is 2.44 bits per heavy atom. The summed E-state index contributed by atoms with van der Waals surface area (Å²) in [6.07, 6.45) is -1.37. The molecular weight excluding hydrogens is 583 g/mol. The summed E-state index contributed by atoms with van der Waals surface area (Å²) in [5, 5.41) is 1.99. The second-order valence-electron chi connectivity index (χ2n) is 9.23. The van der Waals surface area contributed by atoms with Crippen molar-refractivity contribution in [3.63, 3.8) is 0 Å². The number of benzene rings is 2. The van der Waals surface area contributed by atoms with Crippen molar-refractivity contribution >= 4 is 26.0 Å². The Hall–Kier alpha value is -3.33. The smallest absolute Gasteiger partial charge is 0.340 e. The van der Waals surface area contributed by atoms with Gasteiger partial charge in [0.2, 0.25) is 15.9 Å². The summed E-state index contributed by atoms with van der Waals surface area (Å²) in [6.45, 7) is 3.15. The molecule has 0 bridgehead atoms. The molecule has 9 nitrogen and oxygen atoms in total. The second-order valence-corrected chi connectivity index (χ2v) is 12.5. The predicted octanol–water partition coefficient (Wildman–Crippen LogP) is 4.82. The van der Waals surface area contributed by atoms with Gasteiger partial charge < -0.3 is 5.32 Å². The van der Waals surface area contributed by atoms with E-state index in [0.29, 0.717) is 18.1 Å². The van der Waals surface area contributed by atoms with E-state index in [0.717, 1.165) is 33.1 Å². The number of rotatable bonds is 12. The Bertz CT molecular complexity index is 1600. The number of alkyl halides is 3. The van der Waals surface area contributed by atoms with Crippen molar-refractivity contribution in [2.45, 2.75) is 50.2 Å². The van der Waals surface area contributed by atoms with Gasteiger partial charge in [-0.3, -0.25) is 14.3 Å².